The van der Waals surface area contributed by atoms with Crippen molar-refractivity contribution in [2.24, 2.45) is 0 Å². The zero-order valence-electron chi connectivity index (χ0n) is 11.9. The van der Waals surface area contributed by atoms with Crippen LogP contribution in [0.1, 0.15) is 38.3 Å². The van der Waals surface area contributed by atoms with Gasteiger partial charge in [-0.1, -0.05) is 42.5 Å². The van der Waals surface area contributed by atoms with Crippen molar-refractivity contribution in [2.75, 3.05) is 13.1 Å². The summed E-state index contributed by atoms with van der Waals surface area (Å²) in [5.74, 6) is 0. The van der Waals surface area contributed by atoms with Gasteiger partial charge in [0.1, 0.15) is 0 Å². The molecule has 0 N–H and O–H groups in total. The molecule has 0 unspecified atom stereocenters. The Morgan fingerprint density at radius 3 is 2.44 bits per heavy atom. The van der Waals surface area contributed by atoms with Crippen molar-refractivity contribution in [1.29, 1.82) is 0 Å². The lowest BCUT2D eigenvalue weighted by Gasteiger charge is -2.17. The number of aryl methyl sites for hydroxylation is 1. The molecule has 0 fully saturated rings. The molecule has 0 saturated heterocycles. The molecule has 0 aliphatic heterocycles. The maximum atomic E-state index is 3.96. The van der Waals surface area contributed by atoms with Gasteiger partial charge in [0.25, 0.3) is 0 Å². The van der Waals surface area contributed by atoms with Gasteiger partial charge in [0.05, 0.1) is 0 Å². The summed E-state index contributed by atoms with van der Waals surface area (Å²) in [4.78, 5) is 2.35. The van der Waals surface area contributed by atoms with E-state index in [1.807, 2.05) is 6.92 Å². The van der Waals surface area contributed by atoms with Crippen LogP contribution in [-0.4, -0.2) is 18.0 Å². The molecule has 0 spiro atoms. The molecule has 98 valence electrons. The first-order valence-corrected chi connectivity index (χ1v) is 6.79. The first kappa shape index (κ1) is 14.6. The van der Waals surface area contributed by atoms with Gasteiger partial charge in [-0.15, -0.1) is 0 Å². The van der Waals surface area contributed by atoms with E-state index in [1.54, 1.807) is 0 Å². The van der Waals surface area contributed by atoms with E-state index in [2.05, 4.69) is 61.9 Å². The average Bonchev–Trinajstić information content (AvgIpc) is 2.38. The fraction of sp³-hybridized carbons (Fsp3) is 0.412. The van der Waals surface area contributed by atoms with Crippen molar-refractivity contribution in [1.82, 2.24) is 4.90 Å². The maximum absolute atomic E-state index is 3.96. The Kier molecular flexibility index (Phi) is 6.27. The summed E-state index contributed by atoms with van der Waals surface area (Å²) in [6, 6.07) is 8.77. The zero-order valence-corrected chi connectivity index (χ0v) is 11.9. The van der Waals surface area contributed by atoms with Crippen LogP contribution in [0.15, 0.2) is 43.1 Å². The summed E-state index contributed by atoms with van der Waals surface area (Å²) in [7, 11) is 0. The molecule has 0 saturated carbocycles. The summed E-state index contributed by atoms with van der Waals surface area (Å²) < 4.78 is 0. The molecule has 1 nitrogen and oxygen atoms in total. The molecule has 1 heteroatoms. The van der Waals surface area contributed by atoms with Crippen LogP contribution in [-0.2, 0) is 6.42 Å². The Morgan fingerprint density at radius 1 is 1.28 bits per heavy atom. The lowest BCUT2D eigenvalue weighted by atomic mass is 10.0. The highest BCUT2D eigenvalue weighted by molar-refractivity contribution is 5.61. The maximum Gasteiger partial charge on any atom is 0.0175 e. The second-order valence-corrected chi connectivity index (χ2v) is 4.69. The highest BCUT2D eigenvalue weighted by Gasteiger charge is 1.98. The first-order chi connectivity index (χ1) is 8.67. The highest BCUT2D eigenvalue weighted by atomic mass is 15.1. The second-order valence-electron chi connectivity index (χ2n) is 4.69. The number of hydrogen-bond donors (Lipinski definition) is 0. The van der Waals surface area contributed by atoms with E-state index in [1.165, 1.54) is 17.5 Å². The fourth-order valence-corrected chi connectivity index (χ4v) is 1.99. The molecule has 1 aromatic carbocycles. The van der Waals surface area contributed by atoms with Gasteiger partial charge in [0.2, 0.25) is 0 Å². The van der Waals surface area contributed by atoms with Crippen LogP contribution in [0.4, 0.5) is 0 Å². The number of hydrogen-bond acceptors (Lipinski definition) is 1. The molecule has 0 aromatic heterocycles. The van der Waals surface area contributed by atoms with Crippen LogP contribution < -0.4 is 0 Å². The van der Waals surface area contributed by atoms with Gasteiger partial charge in [-0.2, -0.15) is 0 Å². The van der Waals surface area contributed by atoms with Crippen molar-refractivity contribution < 1.29 is 0 Å². The minimum absolute atomic E-state index is 1.08. The smallest absolute Gasteiger partial charge is 0.0175 e. The van der Waals surface area contributed by atoms with Crippen LogP contribution in [0.3, 0.4) is 0 Å². The molecule has 0 atom stereocenters. The average molecular weight is 243 g/mol. The van der Waals surface area contributed by atoms with E-state index in [9.17, 15) is 0 Å². The molecule has 0 radical (unpaired) electrons. The molecule has 0 aliphatic rings. The van der Waals surface area contributed by atoms with Crippen molar-refractivity contribution >= 4 is 5.57 Å². The third kappa shape index (κ3) is 4.79. The molecule has 0 heterocycles. The van der Waals surface area contributed by atoms with Crippen molar-refractivity contribution in [2.45, 2.75) is 33.6 Å². The summed E-state index contributed by atoms with van der Waals surface area (Å²) in [6.07, 6.45) is 6.62. The van der Waals surface area contributed by atoms with Gasteiger partial charge in [-0.3, -0.25) is 0 Å². The van der Waals surface area contributed by atoms with E-state index in [0.717, 1.165) is 25.1 Å². The Bertz CT molecular complexity index is 387. The lowest BCUT2D eigenvalue weighted by molar-refractivity contribution is 0.388. The minimum Gasteiger partial charge on any atom is -0.378 e. The Balaban J connectivity index is 2.41. The highest BCUT2D eigenvalue weighted by Crippen LogP contribution is 2.13. The lowest BCUT2D eigenvalue weighted by Crippen LogP contribution is -2.18. The van der Waals surface area contributed by atoms with Gasteiger partial charge in [0.15, 0.2) is 0 Å². The zero-order chi connectivity index (χ0) is 13.4. The normalized spacial score (nSPS) is 10.8. The van der Waals surface area contributed by atoms with Crippen LogP contribution >= 0.6 is 0 Å². The van der Waals surface area contributed by atoms with Gasteiger partial charge in [0, 0.05) is 13.1 Å². The standard InChI is InChI=1S/C17H25N/c1-5-13-18(6-2)14-7-8-16-9-11-17(12-10-16)15(3)4/h5,9-13H,3,6-8,14H2,1-2,4H3/b13-5-. The topological polar surface area (TPSA) is 3.24 Å². The van der Waals surface area contributed by atoms with Crippen LogP contribution in [0.5, 0.6) is 0 Å². The number of benzene rings is 1. The summed E-state index contributed by atoms with van der Waals surface area (Å²) in [6.45, 7) is 12.5. The number of nitrogens with zero attached hydrogens (tertiary/aromatic N) is 1. The van der Waals surface area contributed by atoms with E-state index >= 15 is 0 Å². The van der Waals surface area contributed by atoms with E-state index < -0.39 is 0 Å². The second kappa shape index (κ2) is 7.75. The third-order valence-electron chi connectivity index (χ3n) is 3.12. The van der Waals surface area contributed by atoms with E-state index in [4.69, 9.17) is 0 Å². The Labute approximate surface area is 112 Å². The van der Waals surface area contributed by atoms with Crippen LogP contribution in [0.2, 0.25) is 0 Å². The first-order valence-electron chi connectivity index (χ1n) is 6.79. The van der Waals surface area contributed by atoms with Gasteiger partial charge in [-0.05, 0) is 50.9 Å². The van der Waals surface area contributed by atoms with E-state index in [-0.39, 0.29) is 0 Å². The van der Waals surface area contributed by atoms with Crippen molar-refractivity contribution in [3.8, 4) is 0 Å². The summed E-state index contributed by atoms with van der Waals surface area (Å²) >= 11 is 0. The minimum atomic E-state index is 1.08. The third-order valence-corrected chi connectivity index (χ3v) is 3.12. The summed E-state index contributed by atoms with van der Waals surface area (Å²) in [5.41, 5.74) is 3.78. The number of allylic oxidation sites excluding steroid dienone is 2. The van der Waals surface area contributed by atoms with Gasteiger partial charge < -0.3 is 4.90 Å². The predicted molar refractivity (Wildman–Crippen MR) is 81.5 cm³/mol. The molecular weight excluding hydrogens is 218 g/mol. The predicted octanol–water partition coefficient (Wildman–Crippen LogP) is 4.51. The number of rotatable bonds is 7. The van der Waals surface area contributed by atoms with Crippen LogP contribution in [0, 0.1) is 0 Å². The summed E-state index contributed by atoms with van der Waals surface area (Å²) in [5, 5.41) is 0. The molecule has 1 aromatic rings. The van der Waals surface area contributed by atoms with Gasteiger partial charge >= 0.3 is 0 Å². The van der Waals surface area contributed by atoms with Crippen molar-refractivity contribution in [3.05, 3.63) is 54.2 Å². The Morgan fingerprint density at radius 2 is 1.94 bits per heavy atom. The molecule has 0 bridgehead atoms. The Hall–Kier alpha value is -1.50. The molecule has 1 rings (SSSR count). The molecule has 0 aliphatic carbocycles. The molecule has 0 amide bonds. The fourth-order valence-electron chi connectivity index (χ4n) is 1.99. The largest absolute Gasteiger partial charge is 0.378 e. The van der Waals surface area contributed by atoms with Gasteiger partial charge in [-0.25, -0.2) is 0 Å². The quantitative estimate of drug-likeness (QED) is 0.681. The van der Waals surface area contributed by atoms with Crippen molar-refractivity contribution in [3.63, 3.8) is 0 Å². The van der Waals surface area contributed by atoms with Crippen LogP contribution in [0.25, 0.3) is 5.57 Å². The SMILES string of the molecule is C=C(C)c1ccc(CCCN(/C=C\C)CC)cc1. The molecule has 18 heavy (non-hydrogen) atoms. The monoisotopic (exact) mass is 243 g/mol. The molecular formula is C17H25N. The van der Waals surface area contributed by atoms with E-state index in [0.29, 0.717) is 0 Å².